The molecule has 0 saturated carbocycles. The first kappa shape index (κ1) is 27.6. The van der Waals surface area contributed by atoms with Crippen LogP contribution in [-0.2, 0) is 22.5 Å². The van der Waals surface area contributed by atoms with Crippen LogP contribution in [-0.4, -0.2) is 37.8 Å². The molecule has 10 heteroatoms. The molecule has 0 fully saturated rings. The lowest BCUT2D eigenvalue weighted by Gasteiger charge is -2.09. The fourth-order valence-electron chi connectivity index (χ4n) is 4.40. The van der Waals surface area contributed by atoms with Crippen LogP contribution >= 0.6 is 23.2 Å². The lowest BCUT2D eigenvalue weighted by atomic mass is 9.98. The van der Waals surface area contributed by atoms with Gasteiger partial charge in [0.15, 0.2) is 5.76 Å². The molecule has 1 unspecified atom stereocenters. The summed E-state index contributed by atoms with van der Waals surface area (Å²) in [6, 6.07) is 20.9. The van der Waals surface area contributed by atoms with Crippen molar-refractivity contribution in [1.29, 1.82) is 0 Å². The molecule has 0 aliphatic carbocycles. The minimum atomic E-state index is -1.09. The largest absolute Gasteiger partial charge is 0.466 e. The molecule has 0 aliphatic heterocycles. The third-order valence-electron chi connectivity index (χ3n) is 6.43. The van der Waals surface area contributed by atoms with E-state index in [0.717, 1.165) is 27.8 Å². The molecule has 2 heterocycles. The van der Waals surface area contributed by atoms with Gasteiger partial charge >= 0.3 is 5.97 Å². The van der Waals surface area contributed by atoms with Gasteiger partial charge < -0.3 is 14.4 Å². The van der Waals surface area contributed by atoms with Crippen molar-refractivity contribution in [2.75, 3.05) is 6.61 Å². The molecular weight excluding hydrogens is 551 g/mol. The van der Waals surface area contributed by atoms with Gasteiger partial charge in [-0.3, -0.25) is 4.79 Å². The van der Waals surface area contributed by atoms with E-state index in [4.69, 9.17) is 32.5 Å². The number of hydrogen-bond acceptors (Lipinski definition) is 7. The van der Waals surface area contributed by atoms with Gasteiger partial charge in [-0.05, 0) is 48.2 Å². The lowest BCUT2D eigenvalue weighted by Crippen LogP contribution is -2.07. The second-order valence-electron chi connectivity index (χ2n) is 9.26. The molecule has 8 nitrogen and oxygen atoms in total. The predicted molar refractivity (Wildman–Crippen MR) is 152 cm³/mol. The van der Waals surface area contributed by atoms with Crippen molar-refractivity contribution in [3.63, 3.8) is 0 Å². The van der Waals surface area contributed by atoms with E-state index < -0.39 is 6.10 Å². The van der Waals surface area contributed by atoms with E-state index in [1.54, 1.807) is 36.9 Å². The molecule has 0 bridgehead atoms. The number of hydrogen-bond donors (Lipinski definition) is 1. The molecule has 2 aromatic heterocycles. The van der Waals surface area contributed by atoms with Crippen LogP contribution in [0.5, 0.6) is 0 Å². The van der Waals surface area contributed by atoms with Crippen LogP contribution in [0.4, 0.5) is 0 Å². The van der Waals surface area contributed by atoms with Crippen molar-refractivity contribution in [2.24, 2.45) is 0 Å². The summed E-state index contributed by atoms with van der Waals surface area (Å²) in [4.78, 5) is 11.7. The Morgan fingerprint density at radius 2 is 1.62 bits per heavy atom. The summed E-state index contributed by atoms with van der Waals surface area (Å²) in [5.74, 6) is 0.217. The normalized spacial score (nSPS) is 11.9. The number of aryl methyl sites for hydroxylation is 1. The highest BCUT2D eigenvalue weighted by Crippen LogP contribution is 2.35. The summed E-state index contributed by atoms with van der Waals surface area (Å²) in [6.07, 6.45) is 0.833. The Hall–Kier alpha value is -3.98. The van der Waals surface area contributed by atoms with Gasteiger partial charge in [0.1, 0.15) is 11.8 Å². The van der Waals surface area contributed by atoms with Crippen molar-refractivity contribution < 1.29 is 19.2 Å². The number of aliphatic hydroxyl groups is 1. The Labute approximate surface area is 241 Å². The average molecular weight is 577 g/mol. The highest BCUT2D eigenvalue weighted by Gasteiger charge is 2.26. The highest BCUT2D eigenvalue weighted by molar-refractivity contribution is 6.42. The van der Waals surface area contributed by atoms with Crippen LogP contribution in [0.2, 0.25) is 10.0 Å². The van der Waals surface area contributed by atoms with Gasteiger partial charge in [0.05, 0.1) is 47.1 Å². The van der Waals surface area contributed by atoms with Crippen molar-refractivity contribution >= 4 is 29.2 Å². The van der Waals surface area contributed by atoms with Gasteiger partial charge in [0, 0.05) is 5.56 Å². The zero-order valence-corrected chi connectivity index (χ0v) is 23.4. The molecule has 5 rings (SSSR count). The van der Waals surface area contributed by atoms with Crippen LogP contribution in [0, 0.1) is 6.92 Å². The van der Waals surface area contributed by atoms with Gasteiger partial charge in [-0.1, -0.05) is 88.2 Å². The Morgan fingerprint density at radius 1 is 0.975 bits per heavy atom. The Morgan fingerprint density at radius 3 is 2.30 bits per heavy atom. The third kappa shape index (κ3) is 6.09. The molecule has 1 atom stereocenters. The molecule has 0 amide bonds. The number of esters is 1. The number of aliphatic hydroxyl groups excluding tert-OH is 1. The van der Waals surface area contributed by atoms with E-state index in [0.29, 0.717) is 45.9 Å². The number of ether oxygens (including phenoxy) is 1. The van der Waals surface area contributed by atoms with Crippen LogP contribution in [0.15, 0.2) is 77.4 Å². The van der Waals surface area contributed by atoms with E-state index in [2.05, 4.69) is 15.5 Å². The number of carbonyl (C=O) groups is 1. The first-order valence-electron chi connectivity index (χ1n) is 12.7. The molecule has 0 aliphatic rings. The fourth-order valence-corrected chi connectivity index (χ4v) is 4.72. The van der Waals surface area contributed by atoms with Crippen LogP contribution in [0.25, 0.3) is 22.5 Å². The van der Waals surface area contributed by atoms with Crippen LogP contribution in [0.1, 0.15) is 41.1 Å². The van der Waals surface area contributed by atoms with Crippen molar-refractivity contribution in [2.45, 2.75) is 32.9 Å². The summed E-state index contributed by atoms with van der Waals surface area (Å²) in [5, 5.41) is 24.6. The second kappa shape index (κ2) is 12.0. The topological polar surface area (TPSA) is 103 Å². The summed E-state index contributed by atoms with van der Waals surface area (Å²) in [6.45, 7) is 4.35. The van der Waals surface area contributed by atoms with Gasteiger partial charge in [-0.15, -0.1) is 5.10 Å². The lowest BCUT2D eigenvalue weighted by molar-refractivity contribution is -0.142. The second-order valence-corrected chi connectivity index (χ2v) is 10.1. The summed E-state index contributed by atoms with van der Waals surface area (Å²) in [7, 11) is 0. The number of carbonyl (C=O) groups excluding carboxylic acids is 1. The maximum absolute atomic E-state index is 11.7. The number of rotatable bonds is 9. The van der Waals surface area contributed by atoms with E-state index >= 15 is 0 Å². The Balaban J connectivity index is 1.32. The first-order chi connectivity index (χ1) is 19.3. The maximum atomic E-state index is 11.7. The molecule has 0 spiro atoms. The zero-order chi connectivity index (χ0) is 28.2. The molecule has 5 aromatic rings. The quantitative estimate of drug-likeness (QED) is 0.201. The molecule has 0 radical (unpaired) electrons. The fraction of sp³-hybridized carbons (Fsp3) is 0.200. The van der Waals surface area contributed by atoms with E-state index in [9.17, 15) is 9.90 Å². The minimum Gasteiger partial charge on any atom is -0.466 e. The Kier molecular flexibility index (Phi) is 8.30. The van der Waals surface area contributed by atoms with Crippen LogP contribution in [0.3, 0.4) is 0 Å². The summed E-state index contributed by atoms with van der Waals surface area (Å²) < 4.78 is 12.3. The highest BCUT2D eigenvalue weighted by atomic mass is 35.5. The van der Waals surface area contributed by atoms with Gasteiger partial charge in [0.2, 0.25) is 0 Å². The average Bonchev–Trinajstić information content (AvgIpc) is 3.58. The van der Waals surface area contributed by atoms with E-state index in [1.165, 1.54) is 0 Å². The molecule has 3 aromatic carbocycles. The van der Waals surface area contributed by atoms with Gasteiger partial charge in [-0.2, -0.15) is 0 Å². The number of benzene rings is 3. The van der Waals surface area contributed by atoms with Crippen molar-refractivity contribution in [3.8, 4) is 22.5 Å². The smallest absolute Gasteiger partial charge is 0.310 e. The summed E-state index contributed by atoms with van der Waals surface area (Å²) in [5.41, 5.74) is 6.01. The standard InChI is InChI=1S/C30H26Cl2N4O4/c1-3-39-27(37)15-19-4-7-21(8-5-19)22-9-11-23(12-10-22)30-28(18(2)34-40-30)29(38)26-17-36(35-33-26)16-20-6-13-24(31)25(32)14-20/h4-14,17,29,38H,3,15-16H2,1-2H3. The molecule has 0 saturated heterocycles. The van der Waals surface area contributed by atoms with E-state index in [-0.39, 0.29) is 12.4 Å². The van der Waals surface area contributed by atoms with Gasteiger partial charge in [-0.25, -0.2) is 4.68 Å². The van der Waals surface area contributed by atoms with E-state index in [1.807, 2.05) is 54.6 Å². The molecular formula is C30H26Cl2N4O4. The van der Waals surface area contributed by atoms with Gasteiger partial charge in [0.25, 0.3) is 0 Å². The number of nitrogens with zero attached hydrogens (tertiary/aromatic N) is 4. The molecule has 1 N–H and O–H groups in total. The predicted octanol–water partition coefficient (Wildman–Crippen LogP) is 6.45. The SMILES string of the molecule is CCOC(=O)Cc1ccc(-c2ccc(-c3onc(C)c3C(O)c3cn(Cc4ccc(Cl)c(Cl)c4)nn3)cc2)cc1. The maximum Gasteiger partial charge on any atom is 0.310 e. The summed E-state index contributed by atoms with van der Waals surface area (Å²) >= 11 is 12.1. The first-order valence-corrected chi connectivity index (χ1v) is 13.4. The van der Waals surface area contributed by atoms with Crippen molar-refractivity contribution in [3.05, 3.63) is 111 Å². The monoisotopic (exact) mass is 576 g/mol. The number of aromatic nitrogens is 4. The third-order valence-corrected chi connectivity index (χ3v) is 7.17. The molecule has 40 heavy (non-hydrogen) atoms. The Bertz CT molecular complexity index is 1630. The van der Waals surface area contributed by atoms with Crippen LogP contribution < -0.4 is 0 Å². The number of halogens is 2. The molecule has 204 valence electrons. The minimum absolute atomic E-state index is 0.242. The van der Waals surface area contributed by atoms with Crippen molar-refractivity contribution in [1.82, 2.24) is 20.2 Å². The zero-order valence-electron chi connectivity index (χ0n) is 21.8.